The Hall–Kier alpha value is -2.96. The van der Waals surface area contributed by atoms with Crippen molar-refractivity contribution < 1.29 is 9.59 Å². The second-order valence-corrected chi connectivity index (χ2v) is 5.99. The maximum atomic E-state index is 12.8. The van der Waals surface area contributed by atoms with Gasteiger partial charge in [0, 0.05) is 45.0 Å². The van der Waals surface area contributed by atoms with Gasteiger partial charge in [-0.05, 0) is 19.1 Å². The predicted octanol–water partition coefficient (Wildman–Crippen LogP) is 1.47. The third-order valence-electron chi connectivity index (χ3n) is 4.28. The normalized spacial score (nSPS) is 14.3. The van der Waals surface area contributed by atoms with Crippen LogP contribution < -0.4 is 4.90 Å². The zero-order valence-electron chi connectivity index (χ0n) is 14.4. The number of carbonyl (C=O) groups excluding carboxylic acids is 2. The van der Waals surface area contributed by atoms with Gasteiger partial charge >= 0.3 is 0 Å². The van der Waals surface area contributed by atoms with Crippen LogP contribution in [0.2, 0.25) is 0 Å². The summed E-state index contributed by atoms with van der Waals surface area (Å²) in [5.74, 6) is 1.10. The Labute approximate surface area is 146 Å². The van der Waals surface area contributed by atoms with E-state index in [-0.39, 0.29) is 5.91 Å². The molecular formula is C18H21N5O2. The fourth-order valence-electron chi connectivity index (χ4n) is 2.81. The van der Waals surface area contributed by atoms with Gasteiger partial charge in [-0.3, -0.25) is 9.59 Å². The summed E-state index contributed by atoms with van der Waals surface area (Å²) in [6.45, 7) is 3.92. The van der Waals surface area contributed by atoms with E-state index in [9.17, 15) is 9.59 Å². The van der Waals surface area contributed by atoms with Crippen molar-refractivity contribution in [3.8, 4) is 0 Å². The van der Waals surface area contributed by atoms with Crippen LogP contribution in [0.25, 0.3) is 0 Å². The van der Waals surface area contributed by atoms with E-state index in [4.69, 9.17) is 0 Å². The monoisotopic (exact) mass is 339 g/mol. The number of piperazine rings is 1. The number of amides is 2. The number of benzene rings is 1. The first-order chi connectivity index (χ1) is 12.1. The molecule has 130 valence electrons. The quantitative estimate of drug-likeness (QED) is 0.789. The first-order valence-corrected chi connectivity index (χ1v) is 8.21. The maximum Gasteiger partial charge on any atom is 0.272 e. The van der Waals surface area contributed by atoms with Gasteiger partial charge in [-0.1, -0.05) is 18.2 Å². The molecule has 0 radical (unpaired) electrons. The number of carbonyl (C=O) groups is 2. The van der Waals surface area contributed by atoms with Gasteiger partial charge in [0.2, 0.25) is 6.41 Å². The molecule has 7 heteroatoms. The number of aryl methyl sites for hydroxylation is 1. The van der Waals surface area contributed by atoms with E-state index in [1.54, 1.807) is 22.8 Å². The zero-order chi connectivity index (χ0) is 17.8. The lowest BCUT2D eigenvalue weighted by Crippen LogP contribution is -2.48. The van der Waals surface area contributed by atoms with Gasteiger partial charge in [0.1, 0.15) is 17.3 Å². The first-order valence-electron chi connectivity index (χ1n) is 8.21. The van der Waals surface area contributed by atoms with Crippen LogP contribution >= 0.6 is 0 Å². The maximum absolute atomic E-state index is 12.8. The van der Waals surface area contributed by atoms with Crippen LogP contribution in [-0.2, 0) is 4.79 Å². The molecular weight excluding hydrogens is 318 g/mol. The van der Waals surface area contributed by atoms with Crippen LogP contribution in [0.1, 0.15) is 16.3 Å². The fourth-order valence-corrected chi connectivity index (χ4v) is 2.81. The van der Waals surface area contributed by atoms with E-state index in [2.05, 4.69) is 9.97 Å². The lowest BCUT2D eigenvalue weighted by molar-refractivity contribution is -0.119. The van der Waals surface area contributed by atoms with E-state index in [1.807, 2.05) is 42.3 Å². The Bertz CT molecular complexity index is 757. The molecule has 3 rings (SSSR count). The summed E-state index contributed by atoms with van der Waals surface area (Å²) in [6, 6.07) is 11.6. The van der Waals surface area contributed by atoms with Crippen LogP contribution in [0, 0.1) is 6.92 Å². The largest absolute Gasteiger partial charge is 0.342 e. The Morgan fingerprint density at radius 2 is 1.80 bits per heavy atom. The summed E-state index contributed by atoms with van der Waals surface area (Å²) in [5.41, 5.74) is 1.36. The molecule has 1 fully saturated rings. The second kappa shape index (κ2) is 7.29. The minimum absolute atomic E-state index is 0.126. The molecule has 7 nitrogen and oxygen atoms in total. The van der Waals surface area contributed by atoms with Gasteiger partial charge in [0.15, 0.2) is 0 Å². The van der Waals surface area contributed by atoms with Gasteiger partial charge in [-0.15, -0.1) is 0 Å². The first kappa shape index (κ1) is 16.9. The number of nitrogens with zero attached hydrogens (tertiary/aromatic N) is 5. The molecule has 2 aromatic rings. The molecule has 0 N–H and O–H groups in total. The minimum atomic E-state index is -0.126. The minimum Gasteiger partial charge on any atom is -0.342 e. The average Bonchev–Trinajstić information content (AvgIpc) is 2.67. The zero-order valence-corrected chi connectivity index (χ0v) is 14.4. The van der Waals surface area contributed by atoms with Crippen molar-refractivity contribution in [3.63, 3.8) is 0 Å². The molecule has 0 atom stereocenters. The molecule has 2 amide bonds. The number of para-hydroxylation sites is 1. The van der Waals surface area contributed by atoms with Crippen molar-refractivity contribution in [2.45, 2.75) is 6.92 Å². The summed E-state index contributed by atoms with van der Waals surface area (Å²) >= 11 is 0. The van der Waals surface area contributed by atoms with Gasteiger partial charge < -0.3 is 14.7 Å². The Balaban J connectivity index is 1.82. The lowest BCUT2D eigenvalue weighted by atomic mass is 10.2. The summed E-state index contributed by atoms with van der Waals surface area (Å²) in [7, 11) is 1.91. The van der Waals surface area contributed by atoms with E-state index >= 15 is 0 Å². The third-order valence-corrected chi connectivity index (χ3v) is 4.28. The number of hydrogen-bond donors (Lipinski definition) is 0. The third kappa shape index (κ3) is 3.76. The van der Waals surface area contributed by atoms with Crippen molar-refractivity contribution in [2.24, 2.45) is 0 Å². The SMILES string of the molecule is Cc1nc(C(=O)N2CCN(C=O)CC2)cc(N(C)c2ccccc2)n1. The Morgan fingerprint density at radius 3 is 2.44 bits per heavy atom. The second-order valence-electron chi connectivity index (χ2n) is 5.99. The van der Waals surface area contributed by atoms with Crippen molar-refractivity contribution in [2.75, 3.05) is 38.1 Å². The van der Waals surface area contributed by atoms with Crippen molar-refractivity contribution in [1.82, 2.24) is 19.8 Å². The molecule has 0 bridgehead atoms. The smallest absolute Gasteiger partial charge is 0.272 e. The Morgan fingerprint density at radius 1 is 1.12 bits per heavy atom. The highest BCUT2D eigenvalue weighted by molar-refractivity contribution is 5.93. The van der Waals surface area contributed by atoms with Crippen LogP contribution in [0.5, 0.6) is 0 Å². The van der Waals surface area contributed by atoms with E-state index in [0.29, 0.717) is 43.5 Å². The van der Waals surface area contributed by atoms with E-state index < -0.39 is 0 Å². The molecule has 1 aliphatic heterocycles. The molecule has 1 saturated heterocycles. The van der Waals surface area contributed by atoms with Crippen molar-refractivity contribution in [3.05, 3.63) is 47.9 Å². The van der Waals surface area contributed by atoms with Crippen LogP contribution in [0.3, 0.4) is 0 Å². The Kier molecular flexibility index (Phi) is 4.92. The summed E-state index contributed by atoms with van der Waals surface area (Å²) < 4.78 is 0. The van der Waals surface area contributed by atoms with Crippen molar-refractivity contribution in [1.29, 1.82) is 0 Å². The van der Waals surface area contributed by atoms with Gasteiger partial charge in [0.05, 0.1) is 0 Å². The molecule has 1 aromatic heterocycles. The van der Waals surface area contributed by atoms with Crippen LogP contribution in [-0.4, -0.2) is 65.3 Å². The van der Waals surface area contributed by atoms with E-state index in [0.717, 1.165) is 12.1 Å². The molecule has 0 aliphatic carbocycles. The fraction of sp³-hybridized carbons (Fsp3) is 0.333. The highest BCUT2D eigenvalue weighted by Gasteiger charge is 2.23. The molecule has 0 saturated carbocycles. The lowest BCUT2D eigenvalue weighted by Gasteiger charge is -2.32. The summed E-state index contributed by atoms with van der Waals surface area (Å²) in [4.78, 5) is 37.7. The molecule has 0 unspecified atom stereocenters. The molecule has 0 spiro atoms. The molecule has 1 aliphatic rings. The average molecular weight is 339 g/mol. The van der Waals surface area contributed by atoms with Crippen LogP contribution in [0.15, 0.2) is 36.4 Å². The van der Waals surface area contributed by atoms with Crippen molar-refractivity contribution >= 4 is 23.8 Å². The van der Waals surface area contributed by atoms with Gasteiger partial charge in [-0.25, -0.2) is 9.97 Å². The standard InChI is InChI=1S/C18H21N5O2/c1-14-19-16(18(25)23-10-8-22(13-24)9-11-23)12-17(20-14)21(2)15-6-4-3-5-7-15/h3-7,12-13H,8-11H2,1-2H3. The summed E-state index contributed by atoms with van der Waals surface area (Å²) in [6.07, 6.45) is 0.823. The number of rotatable bonds is 4. The molecule has 1 aromatic carbocycles. The summed E-state index contributed by atoms with van der Waals surface area (Å²) in [5, 5.41) is 0. The van der Waals surface area contributed by atoms with Gasteiger partial charge in [0.25, 0.3) is 5.91 Å². The molecule has 2 heterocycles. The van der Waals surface area contributed by atoms with Crippen LogP contribution in [0.4, 0.5) is 11.5 Å². The number of anilines is 2. The number of aromatic nitrogens is 2. The topological polar surface area (TPSA) is 69.6 Å². The highest BCUT2D eigenvalue weighted by Crippen LogP contribution is 2.22. The number of hydrogen-bond acceptors (Lipinski definition) is 5. The van der Waals surface area contributed by atoms with E-state index in [1.165, 1.54) is 0 Å². The highest BCUT2D eigenvalue weighted by atomic mass is 16.2. The molecule has 25 heavy (non-hydrogen) atoms. The van der Waals surface area contributed by atoms with Gasteiger partial charge in [-0.2, -0.15) is 0 Å². The predicted molar refractivity (Wildman–Crippen MR) is 94.8 cm³/mol.